The number of likely N-dealkylation sites (tertiary alicyclic amines) is 1. The van der Waals surface area contributed by atoms with Crippen molar-refractivity contribution in [2.24, 2.45) is 11.3 Å². The monoisotopic (exact) mass is 534 g/mol. The van der Waals surface area contributed by atoms with E-state index in [2.05, 4.69) is 34.5 Å². The van der Waals surface area contributed by atoms with Gasteiger partial charge in [-0.05, 0) is 74.6 Å². The van der Waals surface area contributed by atoms with Gasteiger partial charge < -0.3 is 20.3 Å². The third-order valence-electron chi connectivity index (χ3n) is 10.6. The molecule has 7 heteroatoms. The van der Waals surface area contributed by atoms with Crippen molar-refractivity contribution in [2.75, 3.05) is 19.6 Å². The predicted molar refractivity (Wildman–Crippen MR) is 146 cm³/mol. The van der Waals surface area contributed by atoms with Crippen LogP contribution in [0.3, 0.4) is 0 Å². The number of halogens is 1. The molecule has 6 nitrogen and oxygen atoms in total. The molecule has 2 heterocycles. The molecule has 0 unspecified atom stereocenters. The van der Waals surface area contributed by atoms with Gasteiger partial charge in [-0.2, -0.15) is 0 Å². The molecular formula is C31H35ClN2O4. The average Bonchev–Trinajstić information content (AvgIpc) is 3.64. The van der Waals surface area contributed by atoms with E-state index in [0.717, 1.165) is 50.3 Å². The van der Waals surface area contributed by atoms with Crippen LogP contribution in [0.1, 0.15) is 48.8 Å². The number of ether oxygens (including phenoxy) is 1. The van der Waals surface area contributed by atoms with Gasteiger partial charge in [-0.1, -0.05) is 42.5 Å². The number of rotatable bonds is 6. The highest BCUT2D eigenvalue weighted by molar-refractivity contribution is 5.97. The molecule has 2 aromatic carbocycles. The van der Waals surface area contributed by atoms with Crippen LogP contribution in [0.15, 0.2) is 54.1 Å². The first-order valence-corrected chi connectivity index (χ1v) is 14.0. The van der Waals surface area contributed by atoms with E-state index in [4.69, 9.17) is 4.74 Å². The minimum absolute atomic E-state index is 0. The van der Waals surface area contributed by atoms with Gasteiger partial charge in [0.25, 0.3) is 0 Å². The van der Waals surface area contributed by atoms with Crippen molar-refractivity contribution in [2.45, 2.75) is 68.1 Å². The van der Waals surface area contributed by atoms with Gasteiger partial charge in [-0.3, -0.25) is 9.69 Å². The van der Waals surface area contributed by atoms with Gasteiger partial charge in [0, 0.05) is 35.7 Å². The third-order valence-corrected chi connectivity index (χ3v) is 10.6. The molecule has 5 atom stereocenters. The molecule has 0 aromatic heterocycles. The lowest BCUT2D eigenvalue weighted by Crippen LogP contribution is -2.78. The van der Waals surface area contributed by atoms with E-state index in [0.29, 0.717) is 24.3 Å². The van der Waals surface area contributed by atoms with E-state index in [1.165, 1.54) is 24.0 Å². The van der Waals surface area contributed by atoms with Gasteiger partial charge in [-0.15, -0.1) is 12.4 Å². The fourth-order valence-corrected chi connectivity index (χ4v) is 8.88. The van der Waals surface area contributed by atoms with E-state index in [9.17, 15) is 15.0 Å². The summed E-state index contributed by atoms with van der Waals surface area (Å²) in [6.07, 6.45) is 8.12. The second-order valence-electron chi connectivity index (χ2n) is 12.3. The molecule has 9 rings (SSSR count). The first-order valence-electron chi connectivity index (χ1n) is 14.0. The summed E-state index contributed by atoms with van der Waals surface area (Å²) in [5.74, 6) is 1.29. The number of hydrogen-bond donors (Lipinski definition) is 3. The minimum atomic E-state index is -1.37. The maximum atomic E-state index is 13.7. The molecule has 5 aliphatic carbocycles. The molecule has 200 valence electrons. The van der Waals surface area contributed by atoms with Crippen molar-refractivity contribution in [1.29, 1.82) is 0 Å². The summed E-state index contributed by atoms with van der Waals surface area (Å²) < 4.78 is 6.58. The van der Waals surface area contributed by atoms with Gasteiger partial charge in [0.1, 0.15) is 11.7 Å². The number of phenols is 1. The molecule has 3 fully saturated rings. The van der Waals surface area contributed by atoms with E-state index in [1.54, 1.807) is 6.07 Å². The Kier molecular flexibility index (Phi) is 5.31. The van der Waals surface area contributed by atoms with Crippen molar-refractivity contribution in [3.05, 3.63) is 70.8 Å². The Bertz CT molecular complexity index is 1340. The number of nitrogens with one attached hydrogen (secondary N) is 1. The van der Waals surface area contributed by atoms with Gasteiger partial charge in [0.15, 0.2) is 11.5 Å². The zero-order valence-corrected chi connectivity index (χ0v) is 22.3. The van der Waals surface area contributed by atoms with Gasteiger partial charge >= 0.3 is 0 Å². The van der Waals surface area contributed by atoms with Crippen LogP contribution in [0.25, 0.3) is 0 Å². The highest BCUT2D eigenvalue weighted by Crippen LogP contribution is 2.74. The number of aliphatic hydroxyl groups is 1. The topological polar surface area (TPSA) is 82.0 Å². The average molecular weight is 535 g/mol. The normalized spacial score (nSPS) is 35.6. The summed E-state index contributed by atoms with van der Waals surface area (Å²) >= 11 is 0. The maximum Gasteiger partial charge on any atom is 0.249 e. The Hall–Kier alpha value is -2.54. The Morgan fingerprint density at radius 1 is 1.11 bits per heavy atom. The Morgan fingerprint density at radius 3 is 2.71 bits per heavy atom. The van der Waals surface area contributed by atoms with Crippen LogP contribution in [-0.2, 0) is 23.1 Å². The number of phenolic OH excluding ortho intramolecular Hbond substituents is 1. The standard InChI is InChI=1S/C31H34N2O4.ClH/c34-23-9-8-21-16-24-29-11-12-31(36,22(17-29)27(35)32-14-10-19-4-2-1-3-5-19)28-30(29,25(21)26(23)37-28)13-15-33(24)18-20-6-7-20;/h1-5,8-9,17,20,24,28,34,36H,6-7,10-16,18H2,(H,32,35);1H/t24-,28-,29-,30+,31-;/m1./s1. The molecule has 3 N–H and O–H groups in total. The predicted octanol–water partition coefficient (Wildman–Crippen LogP) is 3.66. The van der Waals surface area contributed by atoms with Crippen molar-refractivity contribution in [1.82, 2.24) is 10.2 Å². The Morgan fingerprint density at radius 2 is 1.92 bits per heavy atom. The van der Waals surface area contributed by atoms with E-state index in [-0.39, 0.29) is 35.5 Å². The quantitative estimate of drug-likeness (QED) is 0.527. The number of hydrogen-bond acceptors (Lipinski definition) is 5. The van der Waals surface area contributed by atoms with E-state index < -0.39 is 17.1 Å². The molecule has 4 bridgehead atoms. The van der Waals surface area contributed by atoms with Gasteiger partial charge in [0.05, 0.1) is 5.41 Å². The van der Waals surface area contributed by atoms with Crippen molar-refractivity contribution < 1.29 is 19.7 Å². The maximum absolute atomic E-state index is 13.7. The van der Waals surface area contributed by atoms with Crippen LogP contribution in [0.2, 0.25) is 0 Å². The van der Waals surface area contributed by atoms with Crippen LogP contribution in [0, 0.1) is 11.3 Å². The van der Waals surface area contributed by atoms with Crippen LogP contribution >= 0.6 is 12.4 Å². The van der Waals surface area contributed by atoms with Crippen molar-refractivity contribution in [3.8, 4) is 11.5 Å². The molecule has 1 amide bonds. The Labute approximate surface area is 229 Å². The summed E-state index contributed by atoms with van der Waals surface area (Å²) in [5, 5.41) is 26.3. The molecule has 38 heavy (non-hydrogen) atoms. The summed E-state index contributed by atoms with van der Waals surface area (Å²) in [5.41, 5.74) is 1.94. The molecule has 1 saturated heterocycles. The lowest BCUT2D eigenvalue weighted by atomic mass is 9.38. The lowest BCUT2D eigenvalue weighted by Gasteiger charge is -2.70. The van der Waals surface area contributed by atoms with E-state index >= 15 is 0 Å². The molecule has 0 radical (unpaired) electrons. The van der Waals surface area contributed by atoms with Crippen molar-refractivity contribution in [3.63, 3.8) is 0 Å². The first kappa shape index (κ1) is 24.5. The molecule has 2 saturated carbocycles. The first-order chi connectivity index (χ1) is 18.0. The number of carbonyl (C=O) groups excluding carboxylic acids is 1. The molecule has 2 aliphatic heterocycles. The zero-order chi connectivity index (χ0) is 25.0. The van der Waals surface area contributed by atoms with Gasteiger partial charge in [0.2, 0.25) is 5.91 Å². The lowest BCUT2D eigenvalue weighted by molar-refractivity contribution is -0.186. The largest absolute Gasteiger partial charge is 0.504 e. The molecular weight excluding hydrogens is 500 g/mol. The highest BCUT2D eigenvalue weighted by atomic mass is 35.5. The van der Waals surface area contributed by atoms with Crippen molar-refractivity contribution >= 4 is 18.3 Å². The van der Waals surface area contributed by atoms with Crippen LogP contribution in [0.5, 0.6) is 11.5 Å². The zero-order valence-electron chi connectivity index (χ0n) is 21.5. The SMILES string of the molecule is Cl.O=C(NCCc1ccccc1)C1=C[C@@]23CC[C@]1(O)[C@@H]1Oc4c(O)ccc5c4[C@@]12CCN(CC1CC1)[C@@H]3C5. The molecule has 2 aromatic rings. The summed E-state index contributed by atoms with van der Waals surface area (Å²) in [6.45, 7) is 2.60. The smallest absolute Gasteiger partial charge is 0.249 e. The number of piperidine rings is 1. The number of carbonyl (C=O) groups is 1. The summed E-state index contributed by atoms with van der Waals surface area (Å²) in [6, 6.07) is 14.2. The number of aromatic hydroxyl groups is 1. The molecule has 7 aliphatic rings. The van der Waals surface area contributed by atoms with E-state index in [1.807, 2.05) is 18.2 Å². The van der Waals surface area contributed by atoms with Crippen LogP contribution in [-0.4, -0.2) is 58.4 Å². The van der Waals surface area contributed by atoms with Crippen LogP contribution in [0.4, 0.5) is 0 Å². The number of amides is 1. The third kappa shape index (κ3) is 3.00. The number of benzene rings is 2. The summed E-state index contributed by atoms with van der Waals surface area (Å²) in [7, 11) is 0. The number of fused-ring (bicyclic) bond motifs is 1. The second-order valence-corrected chi connectivity index (χ2v) is 12.3. The minimum Gasteiger partial charge on any atom is -0.504 e. The summed E-state index contributed by atoms with van der Waals surface area (Å²) in [4.78, 5) is 16.4. The second kappa shape index (κ2) is 8.23. The van der Waals surface area contributed by atoms with Gasteiger partial charge in [-0.25, -0.2) is 0 Å². The fourth-order valence-electron chi connectivity index (χ4n) is 8.88. The molecule has 2 spiro atoms. The number of nitrogens with zero attached hydrogens (tertiary/aromatic N) is 1. The Balaban J connectivity index is 0.00000242. The fraction of sp³-hybridized carbons (Fsp3) is 0.516. The highest BCUT2D eigenvalue weighted by Gasteiger charge is 2.78. The van der Waals surface area contributed by atoms with Crippen LogP contribution < -0.4 is 10.1 Å².